The minimum Gasteiger partial charge on any atom is -0.388 e. The highest BCUT2D eigenvalue weighted by molar-refractivity contribution is 5.27. The second-order valence-corrected chi connectivity index (χ2v) is 4.08. The van der Waals surface area contributed by atoms with Crippen LogP contribution >= 0.6 is 0 Å². The minimum absolute atomic E-state index is 0.258. The van der Waals surface area contributed by atoms with Crippen LogP contribution < -0.4 is 0 Å². The van der Waals surface area contributed by atoms with Crippen LogP contribution in [0.2, 0.25) is 0 Å². The summed E-state index contributed by atoms with van der Waals surface area (Å²) >= 11 is 0. The summed E-state index contributed by atoms with van der Waals surface area (Å²) in [5, 5.41) is 17.6. The van der Waals surface area contributed by atoms with Gasteiger partial charge >= 0.3 is 0 Å². The van der Waals surface area contributed by atoms with Crippen molar-refractivity contribution in [2.24, 2.45) is 7.05 Å². The van der Waals surface area contributed by atoms with Gasteiger partial charge in [-0.25, -0.2) is 4.39 Å². The topological polar surface area (TPSA) is 50.9 Å². The molecule has 1 heterocycles. The molecule has 0 radical (unpaired) electrons. The summed E-state index contributed by atoms with van der Waals surface area (Å²) in [5.41, 5.74) is 1.47. The predicted molar refractivity (Wildman–Crippen MR) is 60.8 cm³/mol. The number of nitrogens with zero attached hydrogens (tertiary/aromatic N) is 3. The average molecular weight is 235 g/mol. The van der Waals surface area contributed by atoms with Gasteiger partial charge in [0.2, 0.25) is 0 Å². The van der Waals surface area contributed by atoms with Gasteiger partial charge in [-0.15, -0.1) is 5.10 Å². The van der Waals surface area contributed by atoms with E-state index in [1.807, 2.05) is 0 Å². The maximum absolute atomic E-state index is 13.8. The molecule has 1 atom stereocenters. The van der Waals surface area contributed by atoms with E-state index in [1.54, 1.807) is 43.0 Å². The predicted octanol–water partition coefficient (Wildman–Crippen LogP) is 1.54. The molecule has 1 aromatic carbocycles. The standard InChI is InChI=1S/C12H14FN3O/c1-8-4-3-5-10(12(8)13)11(17)6-9-7-16(2)15-14-9/h3-5,7,11,17H,6H2,1-2H3. The van der Waals surface area contributed by atoms with Gasteiger partial charge in [0.05, 0.1) is 11.8 Å². The van der Waals surface area contributed by atoms with Crippen LogP contribution in [-0.4, -0.2) is 20.1 Å². The molecule has 0 fully saturated rings. The molecule has 0 spiro atoms. The van der Waals surface area contributed by atoms with Gasteiger partial charge in [0.25, 0.3) is 0 Å². The summed E-state index contributed by atoms with van der Waals surface area (Å²) in [6.07, 6.45) is 1.07. The molecule has 2 rings (SSSR count). The highest BCUT2D eigenvalue weighted by Gasteiger charge is 2.15. The van der Waals surface area contributed by atoms with Gasteiger partial charge in [-0.3, -0.25) is 4.68 Å². The zero-order valence-electron chi connectivity index (χ0n) is 9.76. The number of aliphatic hydroxyl groups excluding tert-OH is 1. The van der Waals surface area contributed by atoms with Crippen LogP contribution in [0.3, 0.4) is 0 Å². The lowest BCUT2D eigenvalue weighted by atomic mass is 10.0. The van der Waals surface area contributed by atoms with E-state index in [4.69, 9.17) is 0 Å². The van der Waals surface area contributed by atoms with Crippen molar-refractivity contribution in [2.75, 3.05) is 0 Å². The normalized spacial score (nSPS) is 12.7. The molecule has 0 saturated heterocycles. The quantitative estimate of drug-likeness (QED) is 0.878. The first-order chi connectivity index (χ1) is 8.08. The number of halogens is 1. The molecule has 0 aliphatic carbocycles. The fourth-order valence-electron chi connectivity index (χ4n) is 1.72. The molecule has 1 unspecified atom stereocenters. The highest BCUT2D eigenvalue weighted by atomic mass is 19.1. The zero-order chi connectivity index (χ0) is 12.4. The van der Waals surface area contributed by atoms with E-state index in [0.717, 1.165) is 0 Å². The Morgan fingerprint density at radius 1 is 1.47 bits per heavy atom. The summed E-state index contributed by atoms with van der Waals surface area (Å²) in [4.78, 5) is 0. The van der Waals surface area contributed by atoms with Crippen molar-refractivity contribution < 1.29 is 9.50 Å². The molecule has 0 amide bonds. The molecule has 4 nitrogen and oxygen atoms in total. The lowest BCUT2D eigenvalue weighted by Gasteiger charge is -2.11. The SMILES string of the molecule is Cc1cccc(C(O)Cc2cn(C)nn2)c1F. The number of aliphatic hydroxyl groups is 1. The summed E-state index contributed by atoms with van der Waals surface area (Å²) in [7, 11) is 1.75. The average Bonchev–Trinajstić information content (AvgIpc) is 2.68. The molecule has 2 aromatic rings. The van der Waals surface area contributed by atoms with Crippen molar-refractivity contribution in [3.63, 3.8) is 0 Å². The Morgan fingerprint density at radius 2 is 2.24 bits per heavy atom. The Morgan fingerprint density at radius 3 is 2.88 bits per heavy atom. The Kier molecular flexibility index (Phi) is 3.19. The summed E-state index contributed by atoms with van der Waals surface area (Å²) in [6.45, 7) is 1.67. The minimum atomic E-state index is -0.897. The molecule has 0 bridgehead atoms. The first kappa shape index (κ1) is 11.7. The van der Waals surface area contributed by atoms with Gasteiger partial charge in [-0.1, -0.05) is 23.4 Å². The van der Waals surface area contributed by atoms with Crippen LogP contribution in [0.5, 0.6) is 0 Å². The van der Waals surface area contributed by atoms with Crippen molar-refractivity contribution in [1.29, 1.82) is 0 Å². The zero-order valence-corrected chi connectivity index (χ0v) is 9.76. The van der Waals surface area contributed by atoms with Gasteiger partial charge < -0.3 is 5.11 Å². The van der Waals surface area contributed by atoms with Gasteiger partial charge in [0.15, 0.2) is 0 Å². The van der Waals surface area contributed by atoms with Gasteiger partial charge in [0.1, 0.15) is 5.82 Å². The fourth-order valence-corrected chi connectivity index (χ4v) is 1.72. The molecule has 17 heavy (non-hydrogen) atoms. The van der Waals surface area contributed by atoms with Crippen LogP contribution in [0.1, 0.15) is 22.9 Å². The molecule has 1 aromatic heterocycles. The number of benzene rings is 1. The van der Waals surface area contributed by atoms with Crippen molar-refractivity contribution in [1.82, 2.24) is 15.0 Å². The van der Waals surface area contributed by atoms with E-state index in [9.17, 15) is 9.50 Å². The van der Waals surface area contributed by atoms with Crippen molar-refractivity contribution in [2.45, 2.75) is 19.4 Å². The molecule has 1 N–H and O–H groups in total. The van der Waals surface area contributed by atoms with Gasteiger partial charge in [-0.05, 0) is 12.5 Å². The molecule has 0 aliphatic rings. The summed E-state index contributed by atoms with van der Waals surface area (Å²) in [6, 6.07) is 4.99. The lowest BCUT2D eigenvalue weighted by molar-refractivity contribution is 0.172. The van der Waals surface area contributed by atoms with Gasteiger partial charge in [-0.2, -0.15) is 0 Å². The lowest BCUT2D eigenvalue weighted by Crippen LogP contribution is -2.05. The van der Waals surface area contributed by atoms with E-state index >= 15 is 0 Å². The van der Waals surface area contributed by atoms with Crippen LogP contribution in [-0.2, 0) is 13.5 Å². The summed E-state index contributed by atoms with van der Waals surface area (Å²) in [5.74, 6) is -0.358. The van der Waals surface area contributed by atoms with Crippen LogP contribution in [0.15, 0.2) is 24.4 Å². The second kappa shape index (κ2) is 4.63. The van der Waals surface area contributed by atoms with E-state index < -0.39 is 6.10 Å². The first-order valence-corrected chi connectivity index (χ1v) is 5.36. The number of rotatable bonds is 3. The first-order valence-electron chi connectivity index (χ1n) is 5.36. The summed E-state index contributed by atoms with van der Waals surface area (Å²) < 4.78 is 15.3. The highest BCUT2D eigenvalue weighted by Crippen LogP contribution is 2.22. The largest absolute Gasteiger partial charge is 0.388 e. The molecule has 90 valence electrons. The number of hydrogen-bond donors (Lipinski definition) is 1. The molecule has 0 saturated carbocycles. The number of hydrogen-bond acceptors (Lipinski definition) is 3. The molecule has 5 heteroatoms. The maximum atomic E-state index is 13.8. The van der Waals surface area contributed by atoms with Gasteiger partial charge in [0, 0.05) is 25.2 Å². The van der Waals surface area contributed by atoms with Crippen LogP contribution in [0.4, 0.5) is 4.39 Å². The van der Waals surface area contributed by atoms with Crippen molar-refractivity contribution >= 4 is 0 Å². The Balaban J connectivity index is 2.20. The van der Waals surface area contributed by atoms with E-state index in [2.05, 4.69) is 10.3 Å². The third-order valence-electron chi connectivity index (χ3n) is 2.63. The van der Waals surface area contributed by atoms with E-state index in [-0.39, 0.29) is 12.2 Å². The molecular formula is C12H14FN3O. The van der Waals surface area contributed by atoms with Crippen LogP contribution in [0.25, 0.3) is 0 Å². The third-order valence-corrected chi connectivity index (χ3v) is 2.63. The van der Waals surface area contributed by atoms with Crippen LogP contribution in [0, 0.1) is 12.7 Å². The van der Waals surface area contributed by atoms with E-state index in [1.165, 1.54) is 0 Å². The number of aryl methyl sites for hydroxylation is 2. The van der Waals surface area contributed by atoms with E-state index in [0.29, 0.717) is 16.8 Å². The Labute approximate surface area is 98.7 Å². The monoisotopic (exact) mass is 235 g/mol. The van der Waals surface area contributed by atoms with Crippen molar-refractivity contribution in [3.05, 3.63) is 47.0 Å². The molecular weight excluding hydrogens is 221 g/mol. The smallest absolute Gasteiger partial charge is 0.131 e. The third kappa shape index (κ3) is 2.50. The number of aromatic nitrogens is 3. The second-order valence-electron chi connectivity index (χ2n) is 4.08. The van der Waals surface area contributed by atoms with Crippen molar-refractivity contribution in [3.8, 4) is 0 Å². The Hall–Kier alpha value is -1.75. The fraction of sp³-hybridized carbons (Fsp3) is 0.333. The maximum Gasteiger partial charge on any atom is 0.131 e. The molecule has 0 aliphatic heterocycles. The Bertz CT molecular complexity index is 524.